The van der Waals surface area contributed by atoms with Crippen molar-refractivity contribution in [2.75, 3.05) is 0 Å². The van der Waals surface area contributed by atoms with Gasteiger partial charge in [-0.1, -0.05) is 24.3 Å². The minimum atomic E-state index is -4.64. The molecule has 24 heavy (non-hydrogen) atoms. The summed E-state index contributed by atoms with van der Waals surface area (Å²) in [5.41, 5.74) is 1.55. The van der Waals surface area contributed by atoms with Gasteiger partial charge in [0.15, 0.2) is 11.6 Å². The van der Waals surface area contributed by atoms with E-state index >= 15 is 0 Å². The van der Waals surface area contributed by atoms with E-state index in [1.165, 1.54) is 6.08 Å². The number of carbonyl (C=O) groups excluding carboxylic acids is 2. The van der Waals surface area contributed by atoms with Crippen molar-refractivity contribution in [1.29, 1.82) is 0 Å². The molecule has 0 saturated heterocycles. The van der Waals surface area contributed by atoms with E-state index < -0.39 is 15.6 Å². The van der Waals surface area contributed by atoms with Crippen LogP contribution < -0.4 is 29.6 Å². The Morgan fingerprint density at radius 1 is 0.833 bits per heavy atom. The van der Waals surface area contributed by atoms with E-state index in [1.807, 2.05) is 0 Å². The molecule has 0 heterocycles. The molecule has 10 nitrogen and oxygen atoms in total. The fourth-order valence-corrected chi connectivity index (χ4v) is 1.45. The van der Waals surface area contributed by atoms with Crippen molar-refractivity contribution in [2.45, 2.75) is 6.92 Å². The monoisotopic (exact) mass is 392 g/mol. The van der Waals surface area contributed by atoms with Crippen molar-refractivity contribution in [2.24, 2.45) is 0 Å². The van der Waals surface area contributed by atoms with Gasteiger partial charge in [-0.05, 0) is 13.0 Å². The molecule has 13 heteroatoms. The Kier molecular flexibility index (Phi) is 11.3. The Balaban J connectivity index is -0.000000345. The Bertz CT molecular complexity index is 687. The third-order valence-electron chi connectivity index (χ3n) is 2.14. The Hall–Kier alpha value is -0.480. The van der Waals surface area contributed by atoms with Gasteiger partial charge in [-0.15, -0.1) is 0 Å². The number of benzene rings is 1. The molecule has 0 aliphatic heterocycles. The number of hydrogen-bond acceptors (Lipinski definition) is 4. The maximum Gasteiger partial charge on any atom is 1.00 e. The molecular formula is C11H15NaO10P2. The van der Waals surface area contributed by atoms with Crippen molar-refractivity contribution >= 4 is 27.2 Å². The van der Waals surface area contributed by atoms with Gasteiger partial charge in [0.05, 0.1) is 0 Å². The van der Waals surface area contributed by atoms with Gasteiger partial charge in [-0.3, -0.25) is 9.59 Å². The first kappa shape index (κ1) is 25.8. The number of phosphoric acid groups is 2. The second-order valence-electron chi connectivity index (χ2n) is 4.09. The second-order valence-corrected chi connectivity index (χ2v) is 6.15. The minimum Gasteiger partial charge on any atom is -1.00 e. The van der Waals surface area contributed by atoms with Crippen LogP contribution in [0.4, 0.5) is 0 Å². The average Bonchev–Trinajstić information content (AvgIpc) is 2.32. The van der Waals surface area contributed by atoms with E-state index in [1.54, 1.807) is 31.2 Å². The van der Waals surface area contributed by atoms with Gasteiger partial charge in [-0.25, -0.2) is 9.13 Å². The van der Waals surface area contributed by atoms with E-state index in [4.69, 9.17) is 38.5 Å². The molecule has 0 amide bonds. The number of fused-ring (bicyclic) bond motifs is 1. The molecule has 130 valence electrons. The van der Waals surface area contributed by atoms with Crippen LogP contribution in [0, 0.1) is 0 Å². The summed E-state index contributed by atoms with van der Waals surface area (Å²) in [4.78, 5) is 66.1. The van der Waals surface area contributed by atoms with Crippen LogP contribution in [-0.2, 0) is 9.13 Å². The zero-order valence-electron chi connectivity index (χ0n) is 13.6. The quantitative estimate of drug-likeness (QED) is 0.200. The molecule has 6 N–H and O–H groups in total. The molecule has 0 bridgehead atoms. The van der Waals surface area contributed by atoms with Gasteiger partial charge >= 0.3 is 45.2 Å². The maximum absolute atomic E-state index is 11.5. The molecule has 1 aromatic carbocycles. The van der Waals surface area contributed by atoms with Crippen LogP contribution in [0.5, 0.6) is 0 Å². The summed E-state index contributed by atoms with van der Waals surface area (Å²) in [6.07, 6.45) is 1.39. The molecule has 0 fully saturated rings. The number of hydrogen-bond donors (Lipinski definition) is 6. The average molecular weight is 392 g/mol. The topological polar surface area (TPSA) is 190 Å². The number of carbonyl (C=O) groups is 2. The summed E-state index contributed by atoms with van der Waals surface area (Å²) in [7, 11) is -9.28. The largest absolute Gasteiger partial charge is 1.00 e. The van der Waals surface area contributed by atoms with Gasteiger partial charge in [-0.2, -0.15) is 0 Å². The van der Waals surface area contributed by atoms with Crippen molar-refractivity contribution in [3.63, 3.8) is 0 Å². The Labute approximate surface area is 160 Å². The van der Waals surface area contributed by atoms with E-state index in [0.717, 1.165) is 0 Å². The van der Waals surface area contributed by atoms with Crippen LogP contribution >= 0.6 is 15.6 Å². The third kappa shape index (κ3) is 12.9. The molecule has 0 spiro atoms. The second kappa shape index (κ2) is 10.5. The SMILES string of the molecule is CC1=CC(=O)c2ccccc2C1=O.O=P(O)(O)O.O=P(O)(O)O.[H-].[Na+]. The standard InChI is InChI=1S/C11H8O2.Na.2H3O4P.H/c1-7-6-10(12)8-4-2-3-5-9(8)11(7)13;;2*1-5(2,3)4;/h2-6H,1H3;;2*(H3,1,2,3,4);/q;+1;;;-1. The molecule has 1 aromatic rings. The van der Waals surface area contributed by atoms with Crippen LogP contribution in [0.2, 0.25) is 0 Å². The predicted octanol–water partition coefficient (Wildman–Crippen LogP) is -2.73. The molecule has 1 aliphatic carbocycles. The smallest absolute Gasteiger partial charge is 1.00 e. The number of rotatable bonds is 0. The normalized spacial score (nSPS) is 13.2. The molecule has 0 radical (unpaired) electrons. The first-order chi connectivity index (χ1) is 10.2. The van der Waals surface area contributed by atoms with Crippen molar-refractivity contribution in [1.82, 2.24) is 0 Å². The van der Waals surface area contributed by atoms with E-state index in [-0.39, 0.29) is 42.6 Å². The third-order valence-corrected chi connectivity index (χ3v) is 2.14. The molecule has 0 unspecified atom stereocenters. The number of allylic oxidation sites excluding steroid dienone is 2. The van der Waals surface area contributed by atoms with Gasteiger partial charge in [0, 0.05) is 16.7 Å². The van der Waals surface area contributed by atoms with Crippen LogP contribution in [-0.4, -0.2) is 40.9 Å². The van der Waals surface area contributed by atoms with Gasteiger partial charge in [0.2, 0.25) is 0 Å². The van der Waals surface area contributed by atoms with Gasteiger partial charge in [0.25, 0.3) is 0 Å². The van der Waals surface area contributed by atoms with E-state index in [0.29, 0.717) is 16.7 Å². The van der Waals surface area contributed by atoms with Crippen LogP contribution in [0.1, 0.15) is 29.1 Å². The summed E-state index contributed by atoms with van der Waals surface area (Å²) in [5, 5.41) is 0. The summed E-state index contributed by atoms with van der Waals surface area (Å²) >= 11 is 0. The molecular weight excluding hydrogens is 377 g/mol. The number of Topliss-reactive ketones (excluding diaryl/α,β-unsaturated/α-hetero) is 1. The van der Waals surface area contributed by atoms with E-state index in [9.17, 15) is 9.59 Å². The van der Waals surface area contributed by atoms with Crippen LogP contribution in [0.3, 0.4) is 0 Å². The fraction of sp³-hybridized carbons (Fsp3) is 0.0909. The van der Waals surface area contributed by atoms with Crippen molar-refractivity contribution in [3.8, 4) is 0 Å². The molecule has 1 aliphatic rings. The van der Waals surface area contributed by atoms with Crippen LogP contribution in [0.25, 0.3) is 0 Å². The van der Waals surface area contributed by atoms with E-state index in [2.05, 4.69) is 0 Å². The summed E-state index contributed by atoms with van der Waals surface area (Å²) in [5.74, 6) is -0.122. The first-order valence-corrected chi connectivity index (χ1v) is 8.76. The minimum absolute atomic E-state index is 0. The molecule has 0 aromatic heterocycles. The summed E-state index contributed by atoms with van der Waals surface area (Å²) < 4.78 is 17.8. The first-order valence-electron chi connectivity index (χ1n) is 5.63. The van der Waals surface area contributed by atoms with Gasteiger partial charge < -0.3 is 30.8 Å². The zero-order valence-corrected chi connectivity index (χ0v) is 16.4. The van der Waals surface area contributed by atoms with Crippen molar-refractivity contribution < 1.29 is 79.1 Å². The molecule has 0 saturated carbocycles. The van der Waals surface area contributed by atoms with Gasteiger partial charge in [0.1, 0.15) is 0 Å². The summed E-state index contributed by atoms with van der Waals surface area (Å²) in [6, 6.07) is 6.89. The predicted molar refractivity (Wildman–Crippen MR) is 78.5 cm³/mol. The number of ketones is 2. The zero-order chi connectivity index (χ0) is 18.4. The molecule has 0 atom stereocenters. The Morgan fingerprint density at radius 2 is 1.17 bits per heavy atom. The maximum atomic E-state index is 11.5. The Morgan fingerprint density at radius 3 is 1.54 bits per heavy atom. The van der Waals surface area contributed by atoms with Crippen LogP contribution in [0.15, 0.2) is 35.9 Å². The molecule has 2 rings (SSSR count). The fourth-order valence-electron chi connectivity index (χ4n) is 1.45. The summed E-state index contributed by atoms with van der Waals surface area (Å²) in [6.45, 7) is 1.66. The van der Waals surface area contributed by atoms with Crippen molar-refractivity contribution in [3.05, 3.63) is 47.0 Å².